The average molecular weight is 275 g/mol. The summed E-state index contributed by atoms with van der Waals surface area (Å²) in [6.45, 7) is 9.85. The lowest BCUT2D eigenvalue weighted by atomic mass is 9.86. The molecule has 0 aromatic heterocycles. The highest BCUT2D eigenvalue weighted by Gasteiger charge is 2.30. The van der Waals surface area contributed by atoms with Crippen molar-refractivity contribution in [3.05, 3.63) is 34.9 Å². The molecule has 0 amide bonds. The van der Waals surface area contributed by atoms with E-state index in [1.165, 1.54) is 29.7 Å². The number of aliphatic hydroxyl groups is 1. The number of benzene rings is 1. The van der Waals surface area contributed by atoms with Crippen LogP contribution < -0.4 is 0 Å². The smallest absolute Gasteiger partial charge is 0.0700 e. The Balaban J connectivity index is 2.05. The zero-order chi connectivity index (χ0) is 14.6. The molecule has 112 valence electrons. The second-order valence-electron chi connectivity index (χ2n) is 6.53. The van der Waals surface area contributed by atoms with Gasteiger partial charge < -0.3 is 10.0 Å². The predicted molar refractivity (Wildman–Crippen MR) is 85.2 cm³/mol. The molecular weight excluding hydrogens is 246 g/mol. The monoisotopic (exact) mass is 275 g/mol. The van der Waals surface area contributed by atoms with Gasteiger partial charge in [-0.15, -0.1) is 0 Å². The second-order valence-corrected chi connectivity index (χ2v) is 6.53. The molecule has 2 rings (SSSR count). The van der Waals surface area contributed by atoms with Crippen LogP contribution >= 0.6 is 0 Å². The second kappa shape index (κ2) is 6.73. The summed E-state index contributed by atoms with van der Waals surface area (Å²) in [6.07, 6.45) is 4.96. The van der Waals surface area contributed by atoms with Gasteiger partial charge in [-0.25, -0.2) is 0 Å². The standard InChI is InChI=1S/C18H29NO/c1-4-10-19-11-5-8-18(20,9-12-19)14-17-13-15(2)6-7-16(17)3/h6-7,13,20H,4-5,8-12,14H2,1-3H3. The van der Waals surface area contributed by atoms with E-state index in [1.54, 1.807) is 0 Å². The van der Waals surface area contributed by atoms with Crippen molar-refractivity contribution >= 4 is 0 Å². The van der Waals surface area contributed by atoms with Gasteiger partial charge in [-0.05, 0) is 63.7 Å². The third-order valence-corrected chi connectivity index (χ3v) is 4.57. The Morgan fingerprint density at radius 2 is 2.00 bits per heavy atom. The molecule has 1 aliphatic heterocycles. The van der Waals surface area contributed by atoms with Crippen molar-refractivity contribution in [3.63, 3.8) is 0 Å². The van der Waals surface area contributed by atoms with Crippen LogP contribution in [0.4, 0.5) is 0 Å². The highest BCUT2D eigenvalue weighted by Crippen LogP contribution is 2.28. The van der Waals surface area contributed by atoms with Gasteiger partial charge in [0.05, 0.1) is 5.60 Å². The zero-order valence-corrected chi connectivity index (χ0v) is 13.3. The van der Waals surface area contributed by atoms with Gasteiger partial charge in [0.2, 0.25) is 0 Å². The van der Waals surface area contributed by atoms with Crippen LogP contribution in [-0.4, -0.2) is 35.2 Å². The predicted octanol–water partition coefficient (Wildman–Crippen LogP) is 3.47. The van der Waals surface area contributed by atoms with Gasteiger partial charge in [-0.1, -0.05) is 30.7 Å². The number of rotatable bonds is 4. The minimum atomic E-state index is -0.513. The van der Waals surface area contributed by atoms with Crippen LogP contribution in [-0.2, 0) is 6.42 Å². The summed E-state index contributed by atoms with van der Waals surface area (Å²) in [5, 5.41) is 11.0. The first-order valence-electron chi connectivity index (χ1n) is 8.03. The van der Waals surface area contributed by atoms with Crippen molar-refractivity contribution in [1.29, 1.82) is 0 Å². The van der Waals surface area contributed by atoms with Crippen LogP contribution in [0.2, 0.25) is 0 Å². The lowest BCUT2D eigenvalue weighted by Gasteiger charge is -2.28. The third kappa shape index (κ3) is 4.07. The molecule has 1 N–H and O–H groups in total. The van der Waals surface area contributed by atoms with Crippen LogP contribution in [0, 0.1) is 13.8 Å². The fourth-order valence-corrected chi connectivity index (χ4v) is 3.30. The van der Waals surface area contributed by atoms with Gasteiger partial charge in [-0.2, -0.15) is 0 Å². The molecule has 1 unspecified atom stereocenters. The van der Waals surface area contributed by atoms with E-state index in [4.69, 9.17) is 0 Å². The maximum absolute atomic E-state index is 11.0. The van der Waals surface area contributed by atoms with Crippen molar-refractivity contribution in [1.82, 2.24) is 4.90 Å². The molecule has 1 heterocycles. The Labute approximate surface area is 123 Å². The molecule has 1 aromatic carbocycles. The fraction of sp³-hybridized carbons (Fsp3) is 0.667. The number of hydrogen-bond donors (Lipinski definition) is 1. The first kappa shape index (κ1) is 15.5. The summed E-state index contributed by atoms with van der Waals surface area (Å²) >= 11 is 0. The zero-order valence-electron chi connectivity index (χ0n) is 13.3. The minimum absolute atomic E-state index is 0.513. The third-order valence-electron chi connectivity index (χ3n) is 4.57. The van der Waals surface area contributed by atoms with Crippen LogP contribution in [0.5, 0.6) is 0 Å². The molecule has 2 heteroatoms. The molecule has 1 atom stereocenters. The molecule has 0 aliphatic carbocycles. The molecule has 1 fully saturated rings. The molecule has 2 nitrogen and oxygen atoms in total. The van der Waals surface area contributed by atoms with Crippen molar-refractivity contribution in [2.75, 3.05) is 19.6 Å². The molecular formula is C18H29NO. The number of aryl methyl sites for hydroxylation is 2. The Kier molecular flexibility index (Phi) is 5.22. The lowest BCUT2D eigenvalue weighted by molar-refractivity contribution is 0.0255. The Bertz CT molecular complexity index is 443. The molecule has 0 bridgehead atoms. The Morgan fingerprint density at radius 3 is 2.75 bits per heavy atom. The van der Waals surface area contributed by atoms with Crippen LogP contribution in [0.15, 0.2) is 18.2 Å². The average Bonchev–Trinajstić information content (AvgIpc) is 2.57. The number of nitrogens with zero attached hydrogens (tertiary/aromatic N) is 1. The fourth-order valence-electron chi connectivity index (χ4n) is 3.30. The van der Waals surface area contributed by atoms with E-state index in [0.717, 1.165) is 38.8 Å². The summed E-state index contributed by atoms with van der Waals surface area (Å²) in [4.78, 5) is 2.50. The largest absolute Gasteiger partial charge is 0.389 e. The van der Waals surface area contributed by atoms with Crippen molar-refractivity contribution < 1.29 is 5.11 Å². The quantitative estimate of drug-likeness (QED) is 0.909. The van der Waals surface area contributed by atoms with Crippen LogP contribution in [0.25, 0.3) is 0 Å². The molecule has 0 saturated carbocycles. The molecule has 1 saturated heterocycles. The maximum atomic E-state index is 11.0. The van der Waals surface area contributed by atoms with E-state index < -0.39 is 5.60 Å². The first-order valence-corrected chi connectivity index (χ1v) is 8.03. The molecule has 20 heavy (non-hydrogen) atoms. The SMILES string of the molecule is CCCN1CCCC(O)(Cc2cc(C)ccc2C)CC1. The molecule has 0 spiro atoms. The van der Waals surface area contributed by atoms with Crippen molar-refractivity contribution in [2.45, 2.75) is 58.5 Å². The van der Waals surface area contributed by atoms with E-state index in [0.29, 0.717) is 0 Å². The highest BCUT2D eigenvalue weighted by atomic mass is 16.3. The van der Waals surface area contributed by atoms with E-state index in [9.17, 15) is 5.11 Å². The van der Waals surface area contributed by atoms with Crippen LogP contribution in [0.3, 0.4) is 0 Å². The van der Waals surface area contributed by atoms with Gasteiger partial charge in [0.1, 0.15) is 0 Å². The first-order chi connectivity index (χ1) is 9.52. The highest BCUT2D eigenvalue weighted by molar-refractivity contribution is 5.31. The van der Waals surface area contributed by atoms with E-state index in [2.05, 4.69) is 43.9 Å². The Morgan fingerprint density at radius 1 is 1.20 bits per heavy atom. The van der Waals surface area contributed by atoms with Gasteiger partial charge >= 0.3 is 0 Å². The Hall–Kier alpha value is -0.860. The molecule has 1 aliphatic rings. The topological polar surface area (TPSA) is 23.5 Å². The minimum Gasteiger partial charge on any atom is -0.389 e. The van der Waals surface area contributed by atoms with E-state index in [1.807, 2.05) is 0 Å². The van der Waals surface area contributed by atoms with Gasteiger partial charge in [0.25, 0.3) is 0 Å². The summed E-state index contributed by atoms with van der Waals surface area (Å²) in [5.41, 5.74) is 3.40. The van der Waals surface area contributed by atoms with Gasteiger partial charge in [0, 0.05) is 13.0 Å². The van der Waals surface area contributed by atoms with E-state index in [-0.39, 0.29) is 0 Å². The summed E-state index contributed by atoms with van der Waals surface area (Å²) in [7, 11) is 0. The van der Waals surface area contributed by atoms with Crippen LogP contribution in [0.1, 0.15) is 49.3 Å². The molecule has 0 radical (unpaired) electrons. The van der Waals surface area contributed by atoms with Crippen molar-refractivity contribution in [2.24, 2.45) is 0 Å². The summed E-state index contributed by atoms with van der Waals surface area (Å²) < 4.78 is 0. The maximum Gasteiger partial charge on any atom is 0.0700 e. The van der Waals surface area contributed by atoms with Gasteiger partial charge in [0.15, 0.2) is 0 Å². The summed E-state index contributed by atoms with van der Waals surface area (Å²) in [5.74, 6) is 0. The lowest BCUT2D eigenvalue weighted by Crippen LogP contribution is -2.33. The molecule has 1 aromatic rings. The van der Waals surface area contributed by atoms with Gasteiger partial charge in [-0.3, -0.25) is 0 Å². The number of hydrogen-bond acceptors (Lipinski definition) is 2. The van der Waals surface area contributed by atoms with E-state index >= 15 is 0 Å². The number of likely N-dealkylation sites (tertiary alicyclic amines) is 1. The summed E-state index contributed by atoms with van der Waals surface area (Å²) in [6, 6.07) is 6.56. The van der Waals surface area contributed by atoms with Crippen molar-refractivity contribution in [3.8, 4) is 0 Å². The normalized spacial score (nSPS) is 24.6.